The summed E-state index contributed by atoms with van der Waals surface area (Å²) in [5.41, 5.74) is 9.29. The van der Waals surface area contributed by atoms with E-state index in [1.807, 2.05) is 78.9 Å². The monoisotopic (exact) mass is 515 g/mol. The van der Waals surface area contributed by atoms with Crippen LogP contribution >= 0.6 is 0 Å². The lowest BCUT2D eigenvalue weighted by Crippen LogP contribution is -2.17. The second kappa shape index (κ2) is 12.0. The molecule has 0 bridgehead atoms. The van der Waals surface area contributed by atoms with Crippen LogP contribution in [0.4, 0.5) is 0 Å². The quantitative estimate of drug-likeness (QED) is 0.173. The molecule has 4 aromatic carbocycles. The summed E-state index contributed by atoms with van der Waals surface area (Å²) in [5.74, 6) is 0.933. The fourth-order valence-corrected chi connectivity index (χ4v) is 4.33. The summed E-state index contributed by atoms with van der Waals surface area (Å²) in [4.78, 5) is 12.7. The second-order valence-corrected chi connectivity index (χ2v) is 8.99. The number of carbonyl (C=O) groups excluding carboxylic acids is 1. The van der Waals surface area contributed by atoms with Gasteiger partial charge in [-0.25, -0.2) is 5.43 Å². The van der Waals surface area contributed by atoms with Crippen LogP contribution in [-0.4, -0.2) is 23.8 Å². The number of amides is 1. The molecule has 0 saturated heterocycles. The van der Waals surface area contributed by atoms with E-state index in [2.05, 4.69) is 46.3 Å². The Morgan fingerprint density at radius 2 is 1.56 bits per heavy atom. The normalized spacial score (nSPS) is 10.9. The van der Waals surface area contributed by atoms with Crippen molar-refractivity contribution in [2.75, 3.05) is 7.11 Å². The predicted octanol–water partition coefficient (Wildman–Crippen LogP) is 6.80. The Morgan fingerprint density at radius 3 is 2.28 bits per heavy atom. The summed E-state index contributed by atoms with van der Waals surface area (Å²) in [6, 6.07) is 37.4. The number of methoxy groups -OCH3 is 1. The molecular weight excluding hydrogens is 486 g/mol. The maximum absolute atomic E-state index is 12.7. The molecule has 0 atom stereocenters. The summed E-state index contributed by atoms with van der Waals surface area (Å²) < 4.78 is 13.6. The van der Waals surface area contributed by atoms with Gasteiger partial charge in [0.1, 0.15) is 6.61 Å². The summed E-state index contributed by atoms with van der Waals surface area (Å²) in [7, 11) is 1.59. The molecule has 0 aliphatic carbocycles. The Bertz CT molecular complexity index is 1570. The van der Waals surface area contributed by atoms with Gasteiger partial charge in [-0.2, -0.15) is 5.10 Å². The van der Waals surface area contributed by atoms with E-state index in [1.165, 1.54) is 0 Å². The number of rotatable bonds is 9. The maximum Gasteiger partial charge on any atom is 0.271 e. The van der Waals surface area contributed by atoms with Gasteiger partial charge < -0.3 is 14.0 Å². The summed E-state index contributed by atoms with van der Waals surface area (Å²) >= 11 is 0. The average Bonchev–Trinajstić information content (AvgIpc) is 3.38. The number of aryl methyl sites for hydroxylation is 1. The van der Waals surface area contributed by atoms with Crippen LogP contribution in [-0.2, 0) is 6.61 Å². The number of hydrazone groups is 1. The molecule has 0 radical (unpaired) electrons. The minimum atomic E-state index is -0.292. The van der Waals surface area contributed by atoms with Crippen LogP contribution in [0.5, 0.6) is 11.5 Å². The number of hydrogen-bond acceptors (Lipinski definition) is 4. The van der Waals surface area contributed by atoms with Gasteiger partial charge in [0.15, 0.2) is 11.5 Å². The molecule has 1 heterocycles. The van der Waals surface area contributed by atoms with Crippen molar-refractivity contribution in [2.45, 2.75) is 13.5 Å². The van der Waals surface area contributed by atoms with Crippen molar-refractivity contribution in [3.05, 3.63) is 138 Å². The van der Waals surface area contributed by atoms with Crippen LogP contribution in [0, 0.1) is 6.92 Å². The van der Waals surface area contributed by atoms with Gasteiger partial charge in [-0.05, 0) is 78.2 Å². The van der Waals surface area contributed by atoms with Gasteiger partial charge in [0.05, 0.1) is 19.0 Å². The molecule has 0 aliphatic heterocycles. The summed E-state index contributed by atoms with van der Waals surface area (Å²) in [6.07, 6.45) is 1.57. The topological polar surface area (TPSA) is 64.8 Å². The van der Waals surface area contributed by atoms with E-state index < -0.39 is 0 Å². The van der Waals surface area contributed by atoms with E-state index in [4.69, 9.17) is 9.47 Å². The van der Waals surface area contributed by atoms with Crippen molar-refractivity contribution in [1.82, 2.24) is 9.99 Å². The van der Waals surface area contributed by atoms with Crippen molar-refractivity contribution in [1.29, 1.82) is 0 Å². The highest BCUT2D eigenvalue weighted by Crippen LogP contribution is 2.29. The molecule has 1 aromatic heterocycles. The van der Waals surface area contributed by atoms with E-state index in [0.29, 0.717) is 23.7 Å². The third kappa shape index (κ3) is 6.08. The fraction of sp³-hybridized carbons (Fsp3) is 0.0909. The standard InChI is InChI=1S/C33H29N3O3/c1-24-13-19-30(27-11-7-4-8-12-27)36(24)29-17-15-28(16-18-29)33(37)35-34-22-26-14-20-31(32(21-26)38-2)39-23-25-9-5-3-6-10-25/h3-22H,23H2,1-2H3,(H,35,37)/b34-22+. The Kier molecular flexibility index (Phi) is 7.84. The van der Waals surface area contributed by atoms with Crippen molar-refractivity contribution < 1.29 is 14.3 Å². The number of nitrogens with one attached hydrogen (secondary N) is 1. The van der Waals surface area contributed by atoms with E-state index >= 15 is 0 Å². The number of carbonyl (C=O) groups is 1. The predicted molar refractivity (Wildman–Crippen MR) is 155 cm³/mol. The van der Waals surface area contributed by atoms with Crippen LogP contribution in [0.2, 0.25) is 0 Å². The van der Waals surface area contributed by atoms with Crippen LogP contribution in [0.3, 0.4) is 0 Å². The largest absolute Gasteiger partial charge is 0.493 e. The molecule has 5 aromatic rings. The summed E-state index contributed by atoms with van der Waals surface area (Å²) in [6.45, 7) is 2.51. The minimum Gasteiger partial charge on any atom is -0.493 e. The first-order valence-corrected chi connectivity index (χ1v) is 12.6. The zero-order valence-corrected chi connectivity index (χ0v) is 21.9. The molecule has 0 saturated carbocycles. The number of aromatic nitrogens is 1. The lowest BCUT2D eigenvalue weighted by Gasteiger charge is -2.13. The molecule has 0 spiro atoms. The van der Waals surface area contributed by atoms with Gasteiger partial charge in [-0.3, -0.25) is 4.79 Å². The van der Waals surface area contributed by atoms with E-state index in [9.17, 15) is 4.79 Å². The first-order chi connectivity index (χ1) is 19.1. The zero-order valence-electron chi connectivity index (χ0n) is 21.9. The lowest BCUT2D eigenvalue weighted by molar-refractivity contribution is 0.0955. The van der Waals surface area contributed by atoms with Crippen LogP contribution in [0.15, 0.2) is 120 Å². The number of ether oxygens (including phenoxy) is 2. The molecule has 6 heteroatoms. The van der Waals surface area contributed by atoms with E-state index in [1.54, 1.807) is 25.5 Å². The zero-order chi connectivity index (χ0) is 27.0. The lowest BCUT2D eigenvalue weighted by atomic mass is 10.1. The molecule has 1 N–H and O–H groups in total. The van der Waals surface area contributed by atoms with Crippen LogP contribution in [0.1, 0.15) is 27.2 Å². The molecule has 6 nitrogen and oxygen atoms in total. The van der Waals surface area contributed by atoms with Crippen molar-refractivity contribution in [3.8, 4) is 28.4 Å². The third-order valence-corrected chi connectivity index (χ3v) is 6.34. The summed E-state index contributed by atoms with van der Waals surface area (Å²) in [5, 5.41) is 4.13. The third-order valence-electron chi connectivity index (χ3n) is 6.34. The highest BCUT2D eigenvalue weighted by atomic mass is 16.5. The fourth-order valence-electron chi connectivity index (χ4n) is 4.33. The number of nitrogens with zero attached hydrogens (tertiary/aromatic N) is 2. The number of benzene rings is 4. The van der Waals surface area contributed by atoms with Crippen molar-refractivity contribution in [3.63, 3.8) is 0 Å². The molecular formula is C33H29N3O3. The van der Waals surface area contributed by atoms with Crippen LogP contribution in [0.25, 0.3) is 16.9 Å². The average molecular weight is 516 g/mol. The van der Waals surface area contributed by atoms with Gasteiger partial charge in [0.25, 0.3) is 5.91 Å². The Balaban J connectivity index is 1.23. The van der Waals surface area contributed by atoms with Crippen molar-refractivity contribution >= 4 is 12.1 Å². The molecule has 39 heavy (non-hydrogen) atoms. The second-order valence-electron chi connectivity index (χ2n) is 8.99. The van der Waals surface area contributed by atoms with Gasteiger partial charge in [-0.15, -0.1) is 0 Å². The maximum atomic E-state index is 12.7. The van der Waals surface area contributed by atoms with Crippen LogP contribution < -0.4 is 14.9 Å². The van der Waals surface area contributed by atoms with Gasteiger partial charge in [0.2, 0.25) is 0 Å². The Labute approximate surface area is 228 Å². The van der Waals surface area contributed by atoms with Gasteiger partial charge >= 0.3 is 0 Å². The number of hydrogen-bond donors (Lipinski definition) is 1. The molecule has 5 rings (SSSR count). The van der Waals surface area contributed by atoms with Crippen molar-refractivity contribution in [2.24, 2.45) is 5.10 Å². The van der Waals surface area contributed by atoms with Gasteiger partial charge in [0, 0.05) is 16.9 Å². The Morgan fingerprint density at radius 1 is 0.846 bits per heavy atom. The molecule has 0 fully saturated rings. The highest BCUT2D eigenvalue weighted by molar-refractivity contribution is 5.95. The SMILES string of the molecule is COc1cc(/C=N/NC(=O)c2ccc(-n3c(C)ccc3-c3ccccc3)cc2)ccc1OCc1ccccc1. The van der Waals surface area contributed by atoms with E-state index in [-0.39, 0.29) is 5.91 Å². The first kappa shape index (κ1) is 25.5. The Hall–Kier alpha value is -5.10. The van der Waals surface area contributed by atoms with Gasteiger partial charge in [-0.1, -0.05) is 60.7 Å². The highest BCUT2D eigenvalue weighted by Gasteiger charge is 2.11. The smallest absolute Gasteiger partial charge is 0.271 e. The minimum absolute atomic E-state index is 0.292. The van der Waals surface area contributed by atoms with E-state index in [0.717, 1.165) is 33.8 Å². The molecule has 194 valence electrons. The molecule has 0 aliphatic rings. The first-order valence-electron chi connectivity index (χ1n) is 12.6. The molecule has 0 unspecified atom stereocenters. The molecule has 1 amide bonds.